The van der Waals surface area contributed by atoms with E-state index in [0.29, 0.717) is 5.82 Å². The summed E-state index contributed by atoms with van der Waals surface area (Å²) in [6, 6.07) is 11.0. The van der Waals surface area contributed by atoms with Crippen LogP contribution in [0, 0.1) is 19.7 Å². The van der Waals surface area contributed by atoms with E-state index in [1.807, 2.05) is 19.9 Å². The largest absolute Gasteiger partial charge is 0.318 e. The first-order chi connectivity index (χ1) is 11.5. The Kier molecular flexibility index (Phi) is 4.31. The fourth-order valence-electron chi connectivity index (χ4n) is 2.31. The van der Waals surface area contributed by atoms with Crippen LogP contribution in [0.2, 0.25) is 5.02 Å². The van der Waals surface area contributed by atoms with E-state index < -0.39 is 11.7 Å². The summed E-state index contributed by atoms with van der Waals surface area (Å²) in [7, 11) is 0. The number of pyridine rings is 1. The van der Waals surface area contributed by atoms with E-state index in [1.54, 1.807) is 28.9 Å². The molecule has 0 fully saturated rings. The molecule has 24 heavy (non-hydrogen) atoms. The quantitative estimate of drug-likeness (QED) is 0.783. The number of nitrogens with zero attached hydrogens (tertiary/aromatic N) is 3. The molecule has 0 aliphatic heterocycles. The fraction of sp³-hybridized carbons (Fsp3) is 0.118. The van der Waals surface area contributed by atoms with Gasteiger partial charge >= 0.3 is 0 Å². The van der Waals surface area contributed by atoms with Crippen molar-refractivity contribution in [3.05, 3.63) is 70.4 Å². The van der Waals surface area contributed by atoms with E-state index >= 15 is 0 Å². The maximum atomic E-state index is 13.7. The third-order valence-corrected chi connectivity index (χ3v) is 3.70. The van der Waals surface area contributed by atoms with E-state index in [0.717, 1.165) is 11.4 Å². The fourth-order valence-corrected chi connectivity index (χ4v) is 2.51. The van der Waals surface area contributed by atoms with Crippen LogP contribution in [0.4, 0.5) is 10.1 Å². The molecule has 0 spiro atoms. The zero-order valence-electron chi connectivity index (χ0n) is 13.0. The van der Waals surface area contributed by atoms with Crippen molar-refractivity contribution in [3.8, 4) is 5.82 Å². The molecule has 0 atom stereocenters. The minimum atomic E-state index is -0.589. The summed E-state index contributed by atoms with van der Waals surface area (Å²) in [6.45, 7) is 3.75. The number of carbonyl (C=O) groups is 1. The molecule has 0 aliphatic rings. The average Bonchev–Trinajstić information content (AvgIpc) is 2.88. The highest BCUT2D eigenvalue weighted by Crippen LogP contribution is 2.20. The highest BCUT2D eigenvalue weighted by molar-refractivity contribution is 6.34. The molecule has 1 amide bonds. The van der Waals surface area contributed by atoms with Gasteiger partial charge in [-0.25, -0.2) is 14.1 Å². The van der Waals surface area contributed by atoms with Crippen LogP contribution in [0.25, 0.3) is 5.82 Å². The van der Waals surface area contributed by atoms with Gasteiger partial charge in [0.15, 0.2) is 5.82 Å². The summed E-state index contributed by atoms with van der Waals surface area (Å²) >= 11 is 6.08. The normalized spacial score (nSPS) is 10.7. The number of amides is 1. The van der Waals surface area contributed by atoms with E-state index in [-0.39, 0.29) is 16.4 Å². The molecule has 122 valence electrons. The van der Waals surface area contributed by atoms with E-state index in [9.17, 15) is 9.18 Å². The number of benzene rings is 1. The predicted molar refractivity (Wildman–Crippen MR) is 90.2 cm³/mol. The van der Waals surface area contributed by atoms with Crippen molar-refractivity contribution in [1.29, 1.82) is 0 Å². The lowest BCUT2D eigenvalue weighted by molar-refractivity contribution is 0.102. The maximum absolute atomic E-state index is 13.7. The van der Waals surface area contributed by atoms with Gasteiger partial charge < -0.3 is 5.32 Å². The highest BCUT2D eigenvalue weighted by Gasteiger charge is 2.16. The minimum absolute atomic E-state index is 0.00460. The van der Waals surface area contributed by atoms with Crippen LogP contribution < -0.4 is 5.32 Å². The number of hydrogen-bond acceptors (Lipinski definition) is 3. The number of hydrogen-bond donors (Lipinski definition) is 1. The van der Waals surface area contributed by atoms with Gasteiger partial charge in [-0.05, 0) is 44.2 Å². The Bertz CT molecular complexity index is 923. The summed E-state index contributed by atoms with van der Waals surface area (Å²) in [5, 5.41) is 6.98. The van der Waals surface area contributed by atoms with Gasteiger partial charge in [0.25, 0.3) is 5.91 Å². The molecule has 0 unspecified atom stereocenters. The monoisotopic (exact) mass is 344 g/mol. The van der Waals surface area contributed by atoms with Crippen molar-refractivity contribution >= 4 is 23.2 Å². The standard InChI is InChI=1S/C17H14ClFN4O/c1-10-9-11(2)23(22-10)15-8-7-12(18)16(21-15)17(24)20-14-6-4-3-5-13(14)19/h3-9H,1-2H3,(H,20,24). The van der Waals surface area contributed by atoms with Crippen LogP contribution in [0.5, 0.6) is 0 Å². The third kappa shape index (κ3) is 3.14. The van der Waals surface area contributed by atoms with Gasteiger partial charge in [-0.3, -0.25) is 4.79 Å². The van der Waals surface area contributed by atoms with Crippen molar-refractivity contribution in [2.75, 3.05) is 5.32 Å². The smallest absolute Gasteiger partial charge is 0.275 e. The second-order valence-corrected chi connectivity index (χ2v) is 5.68. The molecule has 2 aromatic heterocycles. The number of nitrogens with one attached hydrogen (secondary N) is 1. The Morgan fingerprint density at radius 1 is 1.21 bits per heavy atom. The zero-order valence-corrected chi connectivity index (χ0v) is 13.8. The van der Waals surface area contributed by atoms with Gasteiger partial charge in [0.1, 0.15) is 11.5 Å². The van der Waals surface area contributed by atoms with Crippen molar-refractivity contribution < 1.29 is 9.18 Å². The molecule has 3 aromatic rings. The minimum Gasteiger partial charge on any atom is -0.318 e. The molecule has 0 saturated heterocycles. The van der Waals surface area contributed by atoms with Gasteiger partial charge in [-0.2, -0.15) is 5.10 Å². The number of anilines is 1. The lowest BCUT2D eigenvalue weighted by Crippen LogP contribution is -2.16. The molecule has 0 radical (unpaired) electrons. The summed E-state index contributed by atoms with van der Waals surface area (Å²) < 4.78 is 15.3. The zero-order chi connectivity index (χ0) is 17.3. The molecule has 0 aliphatic carbocycles. The lowest BCUT2D eigenvalue weighted by atomic mass is 10.2. The van der Waals surface area contributed by atoms with Crippen molar-refractivity contribution in [3.63, 3.8) is 0 Å². The number of carbonyl (C=O) groups excluding carboxylic acids is 1. The molecule has 3 rings (SSSR count). The first kappa shape index (κ1) is 16.1. The first-order valence-corrected chi connectivity index (χ1v) is 7.59. The van der Waals surface area contributed by atoms with Gasteiger partial charge in [-0.1, -0.05) is 23.7 Å². The molecule has 2 heterocycles. The summed E-state index contributed by atoms with van der Waals surface area (Å²) in [6.07, 6.45) is 0. The van der Waals surface area contributed by atoms with Crippen LogP contribution in [0.15, 0.2) is 42.5 Å². The van der Waals surface area contributed by atoms with E-state index in [1.165, 1.54) is 12.1 Å². The SMILES string of the molecule is Cc1cc(C)n(-c2ccc(Cl)c(C(=O)Nc3ccccc3F)n2)n1. The molecule has 1 aromatic carbocycles. The summed E-state index contributed by atoms with van der Waals surface area (Å²) in [5.41, 5.74) is 1.78. The first-order valence-electron chi connectivity index (χ1n) is 7.22. The van der Waals surface area contributed by atoms with Crippen molar-refractivity contribution in [1.82, 2.24) is 14.8 Å². The summed E-state index contributed by atoms with van der Waals surface area (Å²) in [4.78, 5) is 16.7. The lowest BCUT2D eigenvalue weighted by Gasteiger charge is -2.09. The Morgan fingerprint density at radius 2 is 1.96 bits per heavy atom. The second kappa shape index (κ2) is 6.41. The number of aromatic nitrogens is 3. The molecule has 1 N–H and O–H groups in total. The molecule has 0 saturated carbocycles. The third-order valence-electron chi connectivity index (χ3n) is 3.40. The number of halogens is 2. The van der Waals surface area contributed by atoms with Gasteiger partial charge in [0.05, 0.1) is 16.4 Å². The van der Waals surface area contributed by atoms with Gasteiger partial charge in [-0.15, -0.1) is 0 Å². The van der Waals surface area contributed by atoms with Crippen LogP contribution in [-0.4, -0.2) is 20.7 Å². The number of aryl methyl sites for hydroxylation is 2. The van der Waals surface area contributed by atoms with E-state index in [2.05, 4.69) is 15.4 Å². The Labute approximate surface area is 143 Å². The Hall–Kier alpha value is -2.73. The molecular weight excluding hydrogens is 331 g/mol. The van der Waals surface area contributed by atoms with Crippen molar-refractivity contribution in [2.24, 2.45) is 0 Å². The maximum Gasteiger partial charge on any atom is 0.275 e. The van der Waals surface area contributed by atoms with Gasteiger partial charge in [0.2, 0.25) is 0 Å². The molecule has 5 nitrogen and oxygen atoms in total. The number of rotatable bonds is 3. The van der Waals surface area contributed by atoms with Crippen LogP contribution >= 0.6 is 11.6 Å². The van der Waals surface area contributed by atoms with Crippen LogP contribution in [0.3, 0.4) is 0 Å². The predicted octanol–water partition coefficient (Wildman–Crippen LogP) is 3.93. The molecule has 7 heteroatoms. The van der Waals surface area contributed by atoms with Gasteiger partial charge in [0, 0.05) is 5.69 Å². The van der Waals surface area contributed by atoms with E-state index in [4.69, 9.17) is 11.6 Å². The second-order valence-electron chi connectivity index (χ2n) is 5.27. The number of para-hydroxylation sites is 1. The Balaban J connectivity index is 1.96. The highest BCUT2D eigenvalue weighted by atomic mass is 35.5. The summed E-state index contributed by atoms with van der Waals surface area (Å²) in [5.74, 6) is -0.658. The van der Waals surface area contributed by atoms with Crippen molar-refractivity contribution in [2.45, 2.75) is 13.8 Å². The average molecular weight is 345 g/mol. The van der Waals surface area contributed by atoms with Crippen LogP contribution in [-0.2, 0) is 0 Å². The topological polar surface area (TPSA) is 59.8 Å². The Morgan fingerprint density at radius 3 is 2.62 bits per heavy atom. The van der Waals surface area contributed by atoms with Crippen LogP contribution in [0.1, 0.15) is 21.9 Å². The molecular formula is C17H14ClFN4O. The molecule has 0 bridgehead atoms.